The van der Waals surface area contributed by atoms with E-state index in [2.05, 4.69) is 17.2 Å². The van der Waals surface area contributed by atoms with Crippen molar-refractivity contribution in [1.82, 2.24) is 14.9 Å². The molecule has 1 aromatic heterocycles. The number of aryl methyl sites for hydroxylation is 1. The molecule has 0 aliphatic carbocycles. The highest BCUT2D eigenvalue weighted by molar-refractivity contribution is 5.40. The first-order valence-electron chi connectivity index (χ1n) is 7.10. The number of nitrogens with one attached hydrogen (secondary N) is 1. The van der Waals surface area contributed by atoms with Crippen LogP contribution < -0.4 is 5.32 Å². The lowest BCUT2D eigenvalue weighted by Crippen LogP contribution is -2.38. The summed E-state index contributed by atoms with van der Waals surface area (Å²) in [5, 5.41) is 3.38. The minimum atomic E-state index is -0.201. The molecule has 1 aromatic carbocycles. The molecule has 1 saturated heterocycles. The minimum Gasteiger partial charge on any atom is -0.317 e. The molecule has 0 atom stereocenters. The highest BCUT2D eigenvalue weighted by Gasteiger charge is 2.32. The molecule has 106 valence electrons. The van der Waals surface area contributed by atoms with Gasteiger partial charge in [0.05, 0.1) is 12.0 Å². The Bertz CT molecular complexity index is 612. The van der Waals surface area contributed by atoms with Gasteiger partial charge < -0.3 is 5.32 Å². The number of halogens is 1. The molecule has 4 heteroatoms. The standard InChI is InChI=1S/C16H20FN3/c1-12-3-4-13(17)14(9-12)20-11-19-10-15(20)16(2)5-7-18-8-6-16/h3-4,9-11,18H,5-8H2,1-2H3. The Morgan fingerprint density at radius 3 is 2.80 bits per heavy atom. The lowest BCUT2D eigenvalue weighted by molar-refractivity contribution is 0.323. The van der Waals surface area contributed by atoms with E-state index in [9.17, 15) is 4.39 Å². The zero-order valence-electron chi connectivity index (χ0n) is 12.0. The SMILES string of the molecule is Cc1ccc(F)c(-n2cncc2C2(C)CCNCC2)c1. The van der Waals surface area contributed by atoms with E-state index in [1.165, 1.54) is 6.07 Å². The molecule has 0 unspecified atom stereocenters. The second kappa shape index (κ2) is 5.02. The molecule has 0 spiro atoms. The maximum absolute atomic E-state index is 14.1. The third kappa shape index (κ3) is 2.24. The van der Waals surface area contributed by atoms with E-state index < -0.39 is 0 Å². The van der Waals surface area contributed by atoms with E-state index in [0.29, 0.717) is 5.69 Å². The average molecular weight is 273 g/mol. The van der Waals surface area contributed by atoms with Crippen molar-refractivity contribution >= 4 is 0 Å². The fourth-order valence-electron chi connectivity index (χ4n) is 2.98. The Hall–Kier alpha value is -1.68. The number of benzene rings is 1. The van der Waals surface area contributed by atoms with Crippen LogP contribution >= 0.6 is 0 Å². The van der Waals surface area contributed by atoms with Crippen LogP contribution in [0, 0.1) is 12.7 Å². The number of imidazole rings is 1. The molecular formula is C16H20FN3. The second-order valence-corrected chi connectivity index (χ2v) is 5.91. The van der Waals surface area contributed by atoms with Gasteiger partial charge in [-0.25, -0.2) is 9.37 Å². The highest BCUT2D eigenvalue weighted by Crippen LogP contribution is 2.34. The van der Waals surface area contributed by atoms with Crippen LogP contribution in [-0.2, 0) is 5.41 Å². The van der Waals surface area contributed by atoms with Gasteiger partial charge in [-0.3, -0.25) is 4.57 Å². The number of nitrogens with zero attached hydrogens (tertiary/aromatic N) is 2. The minimum absolute atomic E-state index is 0.0535. The number of piperidine rings is 1. The van der Waals surface area contributed by atoms with Gasteiger partial charge in [0.2, 0.25) is 0 Å². The molecular weight excluding hydrogens is 253 g/mol. The number of aromatic nitrogens is 2. The van der Waals surface area contributed by atoms with Gasteiger partial charge >= 0.3 is 0 Å². The van der Waals surface area contributed by atoms with E-state index in [1.807, 2.05) is 23.8 Å². The number of rotatable bonds is 2. The summed E-state index contributed by atoms with van der Waals surface area (Å²) in [6.45, 7) is 6.22. The third-order valence-electron chi connectivity index (χ3n) is 4.33. The smallest absolute Gasteiger partial charge is 0.147 e. The van der Waals surface area contributed by atoms with Gasteiger partial charge in [-0.1, -0.05) is 13.0 Å². The summed E-state index contributed by atoms with van der Waals surface area (Å²) >= 11 is 0. The van der Waals surface area contributed by atoms with E-state index >= 15 is 0 Å². The molecule has 2 heterocycles. The normalized spacial score (nSPS) is 18.1. The van der Waals surface area contributed by atoms with Crippen molar-refractivity contribution in [1.29, 1.82) is 0 Å². The molecule has 1 fully saturated rings. The lowest BCUT2D eigenvalue weighted by Gasteiger charge is -2.34. The highest BCUT2D eigenvalue weighted by atomic mass is 19.1. The molecule has 20 heavy (non-hydrogen) atoms. The van der Waals surface area contributed by atoms with Crippen LogP contribution in [0.4, 0.5) is 4.39 Å². The zero-order chi connectivity index (χ0) is 14.2. The van der Waals surface area contributed by atoms with Crippen molar-refractivity contribution in [2.75, 3.05) is 13.1 Å². The molecule has 3 rings (SSSR count). The van der Waals surface area contributed by atoms with Crippen LogP contribution in [0.3, 0.4) is 0 Å². The quantitative estimate of drug-likeness (QED) is 0.911. The molecule has 0 saturated carbocycles. The Morgan fingerprint density at radius 1 is 1.30 bits per heavy atom. The molecule has 0 bridgehead atoms. The van der Waals surface area contributed by atoms with Crippen molar-refractivity contribution in [3.63, 3.8) is 0 Å². The van der Waals surface area contributed by atoms with Gasteiger partial charge in [-0.05, 0) is 50.6 Å². The summed E-state index contributed by atoms with van der Waals surface area (Å²) in [6.07, 6.45) is 5.70. The van der Waals surface area contributed by atoms with Gasteiger partial charge in [0, 0.05) is 17.3 Å². The summed E-state index contributed by atoms with van der Waals surface area (Å²) in [7, 11) is 0. The van der Waals surface area contributed by atoms with Gasteiger partial charge in [-0.2, -0.15) is 0 Å². The molecule has 1 aliphatic rings. The molecule has 0 radical (unpaired) electrons. The van der Waals surface area contributed by atoms with Crippen LogP contribution in [0.2, 0.25) is 0 Å². The van der Waals surface area contributed by atoms with Crippen LogP contribution in [0.5, 0.6) is 0 Å². The topological polar surface area (TPSA) is 29.9 Å². The Balaban J connectivity index is 2.08. The van der Waals surface area contributed by atoms with Gasteiger partial charge in [0.1, 0.15) is 5.82 Å². The van der Waals surface area contributed by atoms with E-state index in [4.69, 9.17) is 0 Å². The summed E-state index contributed by atoms with van der Waals surface area (Å²) in [4.78, 5) is 4.27. The summed E-state index contributed by atoms with van der Waals surface area (Å²) in [5.41, 5.74) is 2.80. The Labute approximate surface area is 118 Å². The maximum Gasteiger partial charge on any atom is 0.147 e. The fourth-order valence-corrected chi connectivity index (χ4v) is 2.98. The summed E-state index contributed by atoms with van der Waals surface area (Å²) in [6, 6.07) is 5.20. The first-order chi connectivity index (χ1) is 9.60. The predicted octanol–water partition coefficient (Wildman–Crippen LogP) is 2.96. The monoisotopic (exact) mass is 273 g/mol. The molecule has 0 amide bonds. The first-order valence-corrected chi connectivity index (χ1v) is 7.10. The Morgan fingerprint density at radius 2 is 2.05 bits per heavy atom. The van der Waals surface area contributed by atoms with Crippen molar-refractivity contribution in [3.8, 4) is 5.69 Å². The maximum atomic E-state index is 14.1. The van der Waals surface area contributed by atoms with Gasteiger partial charge in [0.25, 0.3) is 0 Å². The van der Waals surface area contributed by atoms with Crippen LogP contribution in [0.1, 0.15) is 31.0 Å². The molecule has 3 nitrogen and oxygen atoms in total. The van der Waals surface area contributed by atoms with Crippen molar-refractivity contribution in [2.45, 2.75) is 32.1 Å². The van der Waals surface area contributed by atoms with Crippen molar-refractivity contribution in [3.05, 3.63) is 47.8 Å². The Kier molecular flexibility index (Phi) is 3.34. The average Bonchev–Trinajstić information content (AvgIpc) is 2.92. The van der Waals surface area contributed by atoms with Crippen LogP contribution in [0.15, 0.2) is 30.7 Å². The zero-order valence-corrected chi connectivity index (χ0v) is 12.0. The van der Waals surface area contributed by atoms with E-state index in [-0.39, 0.29) is 11.2 Å². The molecule has 1 N–H and O–H groups in total. The second-order valence-electron chi connectivity index (χ2n) is 5.91. The largest absolute Gasteiger partial charge is 0.317 e. The van der Waals surface area contributed by atoms with E-state index in [1.54, 1.807) is 12.4 Å². The summed E-state index contributed by atoms with van der Waals surface area (Å²) < 4.78 is 16.1. The number of hydrogen-bond donors (Lipinski definition) is 1. The van der Waals surface area contributed by atoms with Crippen LogP contribution in [-0.4, -0.2) is 22.6 Å². The lowest BCUT2D eigenvalue weighted by atomic mass is 9.78. The third-order valence-corrected chi connectivity index (χ3v) is 4.33. The molecule has 1 aliphatic heterocycles. The number of hydrogen-bond acceptors (Lipinski definition) is 2. The van der Waals surface area contributed by atoms with Crippen molar-refractivity contribution in [2.24, 2.45) is 0 Å². The van der Waals surface area contributed by atoms with E-state index in [0.717, 1.165) is 37.2 Å². The fraction of sp³-hybridized carbons (Fsp3) is 0.438. The van der Waals surface area contributed by atoms with Crippen LogP contribution in [0.25, 0.3) is 5.69 Å². The van der Waals surface area contributed by atoms with Gasteiger partial charge in [0.15, 0.2) is 0 Å². The predicted molar refractivity (Wildman–Crippen MR) is 77.7 cm³/mol. The molecule has 2 aromatic rings. The first kappa shape index (κ1) is 13.3. The van der Waals surface area contributed by atoms with Gasteiger partial charge in [-0.15, -0.1) is 0 Å². The summed E-state index contributed by atoms with van der Waals surface area (Å²) in [5.74, 6) is -0.201. The van der Waals surface area contributed by atoms with Crippen molar-refractivity contribution < 1.29 is 4.39 Å².